The van der Waals surface area contributed by atoms with Gasteiger partial charge in [0, 0.05) is 10.6 Å². The standard InChI is InChI=1S/C24H18ClFN2O2S/c1-14-7-10-17(11-8-14)31-22-21(27-20-6-4-3-5-15(20)2)23(29)28(24(22)30)16-9-12-19(26)18(25)13-16/h3-13,27H,1-2H3. The van der Waals surface area contributed by atoms with Gasteiger partial charge in [-0.3, -0.25) is 9.59 Å². The zero-order valence-electron chi connectivity index (χ0n) is 16.8. The third-order valence-corrected chi connectivity index (χ3v) is 6.23. The van der Waals surface area contributed by atoms with Gasteiger partial charge in [0.15, 0.2) is 0 Å². The van der Waals surface area contributed by atoms with E-state index < -0.39 is 17.6 Å². The highest BCUT2D eigenvalue weighted by atomic mass is 35.5. The second-order valence-corrected chi connectivity index (χ2v) is 8.59. The maximum Gasteiger partial charge on any atom is 0.283 e. The lowest BCUT2D eigenvalue weighted by atomic mass is 10.2. The van der Waals surface area contributed by atoms with Crippen molar-refractivity contribution in [2.24, 2.45) is 0 Å². The van der Waals surface area contributed by atoms with E-state index in [9.17, 15) is 14.0 Å². The van der Waals surface area contributed by atoms with E-state index in [1.807, 2.05) is 62.4 Å². The lowest BCUT2D eigenvalue weighted by molar-refractivity contribution is -0.120. The first-order valence-electron chi connectivity index (χ1n) is 9.50. The molecule has 0 atom stereocenters. The molecule has 7 heteroatoms. The highest BCUT2D eigenvalue weighted by Gasteiger charge is 2.40. The third-order valence-electron chi connectivity index (χ3n) is 4.85. The quantitative estimate of drug-likeness (QED) is 0.476. The number of thioether (sulfide) groups is 1. The number of carbonyl (C=O) groups excluding carboxylic acids is 2. The first-order valence-corrected chi connectivity index (χ1v) is 10.7. The second-order valence-electron chi connectivity index (χ2n) is 7.10. The first-order chi connectivity index (χ1) is 14.8. The van der Waals surface area contributed by atoms with E-state index in [1.54, 1.807) is 0 Å². The molecule has 0 spiro atoms. The number of nitrogens with one attached hydrogen (secondary N) is 1. The Labute approximate surface area is 188 Å². The van der Waals surface area contributed by atoms with Crippen molar-refractivity contribution in [1.29, 1.82) is 0 Å². The second kappa shape index (κ2) is 8.57. The van der Waals surface area contributed by atoms with Crippen LogP contribution in [0.15, 0.2) is 82.2 Å². The van der Waals surface area contributed by atoms with Crippen molar-refractivity contribution >= 4 is 46.6 Å². The molecule has 156 valence electrons. The number of rotatable bonds is 5. The van der Waals surface area contributed by atoms with Crippen molar-refractivity contribution in [2.75, 3.05) is 10.2 Å². The highest BCUT2D eigenvalue weighted by molar-refractivity contribution is 8.04. The number of para-hydroxylation sites is 1. The fourth-order valence-corrected chi connectivity index (χ4v) is 4.25. The van der Waals surface area contributed by atoms with Gasteiger partial charge in [0.1, 0.15) is 16.4 Å². The molecule has 31 heavy (non-hydrogen) atoms. The highest BCUT2D eigenvalue weighted by Crippen LogP contribution is 2.38. The number of aryl methyl sites for hydroxylation is 2. The minimum Gasteiger partial charge on any atom is -0.350 e. The number of amides is 2. The van der Waals surface area contributed by atoms with Crippen LogP contribution in [0.5, 0.6) is 0 Å². The fraction of sp³-hybridized carbons (Fsp3) is 0.0833. The van der Waals surface area contributed by atoms with E-state index in [0.717, 1.165) is 32.7 Å². The van der Waals surface area contributed by atoms with E-state index in [-0.39, 0.29) is 21.3 Å². The molecule has 0 aliphatic carbocycles. The fourth-order valence-electron chi connectivity index (χ4n) is 3.15. The van der Waals surface area contributed by atoms with Crippen LogP contribution in [0, 0.1) is 19.7 Å². The van der Waals surface area contributed by atoms with E-state index in [4.69, 9.17) is 11.6 Å². The minimum atomic E-state index is -0.620. The normalized spacial score (nSPS) is 13.9. The maximum absolute atomic E-state index is 13.6. The van der Waals surface area contributed by atoms with Crippen LogP contribution in [-0.4, -0.2) is 11.8 Å². The van der Waals surface area contributed by atoms with Crippen molar-refractivity contribution in [3.63, 3.8) is 0 Å². The third kappa shape index (κ3) is 4.22. The predicted octanol–water partition coefficient (Wildman–Crippen LogP) is 6.09. The van der Waals surface area contributed by atoms with Crippen molar-refractivity contribution in [3.05, 3.63) is 99.3 Å². The Morgan fingerprint density at radius 2 is 1.65 bits per heavy atom. The Bertz CT molecular complexity index is 1220. The van der Waals surface area contributed by atoms with E-state index in [1.165, 1.54) is 23.9 Å². The average molecular weight is 453 g/mol. The van der Waals surface area contributed by atoms with Crippen LogP contribution >= 0.6 is 23.4 Å². The Morgan fingerprint density at radius 3 is 2.32 bits per heavy atom. The largest absolute Gasteiger partial charge is 0.350 e. The summed E-state index contributed by atoms with van der Waals surface area (Å²) in [7, 11) is 0. The monoisotopic (exact) mass is 452 g/mol. The van der Waals surface area contributed by atoms with Crippen molar-refractivity contribution in [1.82, 2.24) is 0 Å². The molecule has 0 bridgehead atoms. The summed E-state index contributed by atoms with van der Waals surface area (Å²) in [5.41, 5.74) is 3.13. The number of imide groups is 1. The van der Waals surface area contributed by atoms with Crippen molar-refractivity contribution in [2.45, 2.75) is 18.7 Å². The lowest BCUT2D eigenvalue weighted by Gasteiger charge is -2.16. The maximum atomic E-state index is 13.6. The van der Waals surface area contributed by atoms with Crippen LogP contribution in [0.1, 0.15) is 11.1 Å². The molecule has 1 heterocycles. The van der Waals surface area contributed by atoms with Gasteiger partial charge in [-0.25, -0.2) is 9.29 Å². The smallest absolute Gasteiger partial charge is 0.283 e. The first kappa shape index (κ1) is 21.2. The predicted molar refractivity (Wildman–Crippen MR) is 123 cm³/mol. The number of benzene rings is 3. The van der Waals surface area contributed by atoms with Crippen LogP contribution in [-0.2, 0) is 9.59 Å². The number of halogens is 2. The Kier molecular flexibility index (Phi) is 5.85. The van der Waals surface area contributed by atoms with Crippen LogP contribution < -0.4 is 10.2 Å². The van der Waals surface area contributed by atoms with Crippen molar-refractivity contribution < 1.29 is 14.0 Å². The topological polar surface area (TPSA) is 49.4 Å². The average Bonchev–Trinajstić information content (AvgIpc) is 2.97. The molecule has 0 fully saturated rings. The molecular formula is C24H18ClFN2O2S. The van der Waals surface area contributed by atoms with Gasteiger partial charge < -0.3 is 5.32 Å². The molecule has 1 aliphatic rings. The number of nitrogens with zero attached hydrogens (tertiary/aromatic N) is 1. The summed E-state index contributed by atoms with van der Waals surface area (Å²) in [5.74, 6) is -1.63. The molecule has 0 radical (unpaired) electrons. The zero-order valence-corrected chi connectivity index (χ0v) is 18.4. The SMILES string of the molecule is Cc1ccc(SC2=C(Nc3ccccc3C)C(=O)N(c3ccc(F)c(Cl)c3)C2=O)cc1. The van der Waals surface area contributed by atoms with Crippen LogP contribution in [0.25, 0.3) is 0 Å². The van der Waals surface area contributed by atoms with Crippen LogP contribution in [0.2, 0.25) is 5.02 Å². The van der Waals surface area contributed by atoms with Gasteiger partial charge in [-0.05, 0) is 55.8 Å². The molecule has 1 N–H and O–H groups in total. The molecule has 0 aromatic heterocycles. The molecule has 0 saturated heterocycles. The minimum absolute atomic E-state index is 0.161. The van der Waals surface area contributed by atoms with Gasteiger partial charge in [-0.1, -0.05) is 59.3 Å². The molecule has 4 rings (SSSR count). The number of hydrogen-bond donors (Lipinski definition) is 1. The molecule has 0 unspecified atom stereocenters. The summed E-state index contributed by atoms with van der Waals surface area (Å²) < 4.78 is 13.6. The summed E-state index contributed by atoms with van der Waals surface area (Å²) in [6, 6.07) is 18.9. The van der Waals surface area contributed by atoms with E-state index >= 15 is 0 Å². The van der Waals surface area contributed by atoms with Gasteiger partial charge in [-0.15, -0.1) is 0 Å². The van der Waals surface area contributed by atoms with Crippen LogP contribution in [0.4, 0.5) is 15.8 Å². The molecule has 3 aromatic carbocycles. The van der Waals surface area contributed by atoms with Gasteiger partial charge in [-0.2, -0.15) is 0 Å². The van der Waals surface area contributed by atoms with Gasteiger partial charge in [0.05, 0.1) is 10.7 Å². The summed E-state index contributed by atoms with van der Waals surface area (Å²) in [6.45, 7) is 3.89. The van der Waals surface area contributed by atoms with E-state index in [0.29, 0.717) is 0 Å². The van der Waals surface area contributed by atoms with Crippen molar-refractivity contribution in [3.8, 4) is 0 Å². The summed E-state index contributed by atoms with van der Waals surface area (Å²) in [5, 5.41) is 2.98. The number of carbonyl (C=O) groups is 2. The summed E-state index contributed by atoms with van der Waals surface area (Å²) in [6.07, 6.45) is 0. The zero-order chi connectivity index (χ0) is 22.1. The van der Waals surface area contributed by atoms with E-state index in [2.05, 4.69) is 5.32 Å². The molecule has 1 aliphatic heterocycles. The Balaban J connectivity index is 1.77. The molecular weight excluding hydrogens is 435 g/mol. The lowest BCUT2D eigenvalue weighted by Crippen LogP contribution is -2.32. The molecule has 4 nitrogen and oxygen atoms in total. The van der Waals surface area contributed by atoms with Gasteiger partial charge >= 0.3 is 0 Å². The summed E-state index contributed by atoms with van der Waals surface area (Å²) in [4.78, 5) is 28.7. The molecule has 0 saturated carbocycles. The van der Waals surface area contributed by atoms with Crippen LogP contribution in [0.3, 0.4) is 0 Å². The summed E-state index contributed by atoms with van der Waals surface area (Å²) >= 11 is 7.11. The number of anilines is 2. The molecule has 3 aromatic rings. The Morgan fingerprint density at radius 1 is 0.935 bits per heavy atom. The van der Waals surface area contributed by atoms with Gasteiger partial charge in [0.25, 0.3) is 11.8 Å². The van der Waals surface area contributed by atoms with Gasteiger partial charge in [0.2, 0.25) is 0 Å². The molecule has 2 amide bonds. The number of hydrogen-bond acceptors (Lipinski definition) is 4. The Hall–Kier alpha value is -3.09.